The Morgan fingerprint density at radius 3 is 2.93 bits per heavy atom. The Balaban J connectivity index is 2.66. The van der Waals surface area contributed by atoms with E-state index >= 15 is 0 Å². The lowest BCUT2D eigenvalue weighted by Gasteiger charge is -1.97. The number of benzene rings is 1. The second-order valence-electron chi connectivity index (χ2n) is 3.08. The van der Waals surface area contributed by atoms with E-state index in [1.165, 1.54) is 15.8 Å². The maximum Gasteiger partial charge on any atom is 0.0492 e. The molecule has 1 aromatic carbocycles. The lowest BCUT2D eigenvalue weighted by atomic mass is 10.2. The van der Waals surface area contributed by atoms with E-state index < -0.39 is 0 Å². The van der Waals surface area contributed by atoms with Crippen LogP contribution in [-0.4, -0.2) is 4.57 Å². The molecule has 0 fully saturated rings. The van der Waals surface area contributed by atoms with Crippen LogP contribution in [0.5, 0.6) is 0 Å². The Bertz CT molecular complexity index is 456. The van der Waals surface area contributed by atoms with E-state index in [0.29, 0.717) is 0 Å². The van der Waals surface area contributed by atoms with Gasteiger partial charge in [-0.25, -0.2) is 0 Å². The van der Waals surface area contributed by atoms with Crippen molar-refractivity contribution in [2.75, 3.05) is 0 Å². The Morgan fingerprint density at radius 1 is 1.43 bits per heavy atom. The van der Waals surface area contributed by atoms with Gasteiger partial charge >= 0.3 is 0 Å². The van der Waals surface area contributed by atoms with E-state index in [1.807, 2.05) is 5.41 Å². The Kier molecular flexibility index (Phi) is 2.64. The van der Waals surface area contributed by atoms with Crippen LogP contribution in [0.3, 0.4) is 0 Å². The van der Waals surface area contributed by atoms with Crippen LogP contribution in [0.1, 0.15) is 6.92 Å². The maximum atomic E-state index is 3.75. The summed E-state index contributed by atoms with van der Waals surface area (Å²) in [5, 5.41) is 3.20. The molecule has 0 radical (unpaired) electrons. The SMILES string of the molecule is C=CSc1cn(CC)c2ccccc12. The van der Waals surface area contributed by atoms with Crippen LogP contribution in [0.4, 0.5) is 0 Å². The summed E-state index contributed by atoms with van der Waals surface area (Å²) in [4.78, 5) is 1.29. The van der Waals surface area contributed by atoms with Crippen molar-refractivity contribution >= 4 is 22.7 Å². The van der Waals surface area contributed by atoms with Gasteiger partial charge < -0.3 is 4.57 Å². The van der Waals surface area contributed by atoms with Crippen molar-refractivity contribution in [1.29, 1.82) is 0 Å². The lowest BCUT2D eigenvalue weighted by Crippen LogP contribution is -1.89. The Hall–Kier alpha value is -1.15. The number of aromatic nitrogens is 1. The Labute approximate surface area is 88.4 Å². The van der Waals surface area contributed by atoms with Gasteiger partial charge in [-0.3, -0.25) is 0 Å². The minimum Gasteiger partial charge on any atom is -0.347 e. The van der Waals surface area contributed by atoms with Gasteiger partial charge in [-0.2, -0.15) is 0 Å². The molecule has 14 heavy (non-hydrogen) atoms. The summed E-state index contributed by atoms with van der Waals surface area (Å²) < 4.78 is 2.27. The van der Waals surface area contributed by atoms with E-state index in [4.69, 9.17) is 0 Å². The molecule has 0 aliphatic carbocycles. The third-order valence-corrected chi connectivity index (χ3v) is 3.05. The van der Waals surface area contributed by atoms with Gasteiger partial charge in [0.15, 0.2) is 0 Å². The molecule has 0 saturated heterocycles. The summed E-state index contributed by atoms with van der Waals surface area (Å²) in [6.07, 6.45) is 2.19. The molecule has 0 aliphatic rings. The zero-order valence-corrected chi connectivity index (χ0v) is 9.05. The van der Waals surface area contributed by atoms with Crippen LogP contribution in [0.2, 0.25) is 0 Å². The summed E-state index contributed by atoms with van der Waals surface area (Å²) in [7, 11) is 0. The van der Waals surface area contributed by atoms with Crippen molar-refractivity contribution in [3.05, 3.63) is 42.4 Å². The molecule has 0 amide bonds. The highest BCUT2D eigenvalue weighted by molar-refractivity contribution is 8.02. The molecule has 2 heteroatoms. The number of fused-ring (bicyclic) bond motifs is 1. The molecule has 1 nitrogen and oxygen atoms in total. The summed E-state index contributed by atoms with van der Waals surface area (Å²) in [6.45, 7) is 6.93. The number of thioether (sulfide) groups is 1. The molecular formula is C12H13NS. The van der Waals surface area contributed by atoms with Crippen LogP contribution in [0, 0.1) is 0 Å². The molecule has 2 rings (SSSR count). The van der Waals surface area contributed by atoms with Crippen LogP contribution < -0.4 is 0 Å². The second kappa shape index (κ2) is 3.93. The van der Waals surface area contributed by atoms with Crippen LogP contribution in [0.15, 0.2) is 47.3 Å². The molecule has 72 valence electrons. The first kappa shape index (κ1) is 9.41. The fourth-order valence-electron chi connectivity index (χ4n) is 1.66. The van der Waals surface area contributed by atoms with Gasteiger partial charge in [0.1, 0.15) is 0 Å². The van der Waals surface area contributed by atoms with E-state index in [2.05, 4.69) is 48.5 Å². The van der Waals surface area contributed by atoms with Gasteiger partial charge in [-0.1, -0.05) is 36.5 Å². The van der Waals surface area contributed by atoms with Gasteiger partial charge in [0.25, 0.3) is 0 Å². The van der Waals surface area contributed by atoms with Gasteiger partial charge in [-0.05, 0) is 18.4 Å². The highest BCUT2D eigenvalue weighted by Crippen LogP contribution is 2.30. The van der Waals surface area contributed by atoms with E-state index in [0.717, 1.165) is 6.54 Å². The number of aryl methyl sites for hydroxylation is 1. The van der Waals surface area contributed by atoms with Gasteiger partial charge in [0.2, 0.25) is 0 Å². The van der Waals surface area contributed by atoms with Crippen LogP contribution >= 0.6 is 11.8 Å². The number of rotatable bonds is 3. The van der Waals surface area contributed by atoms with Crippen molar-refractivity contribution in [2.45, 2.75) is 18.4 Å². The van der Waals surface area contributed by atoms with Crippen LogP contribution in [0.25, 0.3) is 10.9 Å². The summed E-state index contributed by atoms with van der Waals surface area (Å²) in [5.74, 6) is 0. The minimum atomic E-state index is 1.01. The highest BCUT2D eigenvalue weighted by Gasteiger charge is 2.05. The van der Waals surface area contributed by atoms with E-state index in [9.17, 15) is 0 Å². The molecule has 1 aromatic heterocycles. The normalized spacial score (nSPS) is 10.6. The quantitative estimate of drug-likeness (QED) is 0.685. The fourth-order valence-corrected chi connectivity index (χ4v) is 2.33. The van der Waals surface area contributed by atoms with E-state index in [-0.39, 0.29) is 0 Å². The van der Waals surface area contributed by atoms with Gasteiger partial charge in [-0.15, -0.1) is 0 Å². The summed E-state index contributed by atoms with van der Waals surface area (Å²) in [5.41, 5.74) is 1.30. The molecule has 0 saturated carbocycles. The topological polar surface area (TPSA) is 4.93 Å². The average molecular weight is 203 g/mol. The summed E-state index contributed by atoms with van der Waals surface area (Å²) in [6, 6.07) is 8.48. The smallest absolute Gasteiger partial charge is 0.0492 e. The maximum absolute atomic E-state index is 3.75. The number of nitrogens with zero attached hydrogens (tertiary/aromatic N) is 1. The zero-order valence-electron chi connectivity index (χ0n) is 8.23. The van der Waals surface area contributed by atoms with Crippen molar-refractivity contribution in [1.82, 2.24) is 4.57 Å². The van der Waals surface area contributed by atoms with Crippen molar-refractivity contribution in [3.8, 4) is 0 Å². The molecule has 0 spiro atoms. The molecule has 0 atom stereocenters. The van der Waals surface area contributed by atoms with E-state index in [1.54, 1.807) is 11.8 Å². The number of para-hydroxylation sites is 1. The van der Waals surface area contributed by atoms with Crippen molar-refractivity contribution in [3.63, 3.8) is 0 Å². The molecule has 0 aliphatic heterocycles. The first-order chi connectivity index (χ1) is 6.86. The highest BCUT2D eigenvalue weighted by atomic mass is 32.2. The number of hydrogen-bond acceptors (Lipinski definition) is 1. The van der Waals surface area contributed by atoms with Crippen molar-refractivity contribution < 1.29 is 0 Å². The lowest BCUT2D eigenvalue weighted by molar-refractivity contribution is 0.792. The largest absolute Gasteiger partial charge is 0.347 e. The first-order valence-electron chi connectivity index (χ1n) is 4.72. The monoisotopic (exact) mass is 203 g/mol. The molecule has 0 bridgehead atoms. The molecule has 2 aromatic rings. The zero-order chi connectivity index (χ0) is 9.97. The van der Waals surface area contributed by atoms with Crippen molar-refractivity contribution in [2.24, 2.45) is 0 Å². The molecule has 1 heterocycles. The summed E-state index contributed by atoms with van der Waals surface area (Å²) >= 11 is 1.68. The van der Waals surface area contributed by atoms with Gasteiger partial charge in [0, 0.05) is 28.5 Å². The molecule has 0 N–H and O–H groups in total. The molecular weight excluding hydrogens is 190 g/mol. The predicted molar refractivity (Wildman–Crippen MR) is 63.7 cm³/mol. The number of hydrogen-bond donors (Lipinski definition) is 0. The molecule has 0 unspecified atom stereocenters. The first-order valence-corrected chi connectivity index (χ1v) is 5.60. The van der Waals surface area contributed by atoms with Gasteiger partial charge in [0.05, 0.1) is 0 Å². The predicted octanol–water partition coefficient (Wildman–Crippen LogP) is 3.90. The second-order valence-corrected chi connectivity index (χ2v) is 4.09. The average Bonchev–Trinajstić information content (AvgIpc) is 2.58. The minimum absolute atomic E-state index is 1.01. The standard InChI is InChI=1S/C12H13NS/c1-3-13-9-12(14-4-2)10-7-5-6-8-11(10)13/h4-9H,2-3H2,1H3. The Morgan fingerprint density at radius 2 is 2.21 bits per heavy atom. The fraction of sp³-hybridized carbons (Fsp3) is 0.167. The third-order valence-electron chi connectivity index (χ3n) is 2.30. The third kappa shape index (κ3) is 1.46. The van der Waals surface area contributed by atoms with Crippen LogP contribution in [-0.2, 0) is 6.54 Å².